The molecule has 0 aromatic carbocycles. The van der Waals surface area contributed by atoms with E-state index >= 15 is 0 Å². The van der Waals surface area contributed by atoms with Crippen LogP contribution in [-0.2, 0) is 4.57 Å². The van der Waals surface area contributed by atoms with Crippen LogP contribution in [0, 0.1) is 0 Å². The lowest BCUT2D eigenvalue weighted by molar-refractivity contribution is 0.111. The minimum atomic E-state index is -3.13. The Morgan fingerprint density at radius 1 is 1.55 bits per heavy atom. The summed E-state index contributed by atoms with van der Waals surface area (Å²) in [6.07, 6.45) is 2.49. The highest BCUT2D eigenvalue weighted by Gasteiger charge is 1.81. The van der Waals surface area contributed by atoms with Crippen LogP contribution in [0.1, 0.15) is 10.5 Å². The van der Waals surface area contributed by atoms with E-state index in [-0.39, 0.29) is 0 Å². The average molecular weight is 177 g/mol. The highest BCUT2D eigenvalue weighted by molar-refractivity contribution is 7.30. The normalized spacial score (nSPS) is 8.64. The molecule has 0 fully saturated rings. The van der Waals surface area contributed by atoms with E-state index in [1.807, 2.05) is 0 Å². The summed E-state index contributed by atoms with van der Waals surface area (Å²) in [6.45, 7) is 0. The predicted octanol–water partition coefficient (Wildman–Crippen LogP) is 0.188. The first-order valence-electron chi connectivity index (χ1n) is 2.67. The Kier molecular flexibility index (Phi) is 5.37. The van der Waals surface area contributed by atoms with Crippen LogP contribution < -0.4 is 0 Å². The van der Waals surface area contributed by atoms with Crippen molar-refractivity contribution in [3.8, 4) is 0 Å². The standard InChI is InChI=1S/C5H5NO.H3O3P/c7-4-5-2-1-3-6-5;1-4(2)3/h1-4,6H;4H,(H2,1,2,3). The summed E-state index contributed by atoms with van der Waals surface area (Å²) in [5, 5.41) is 0. The van der Waals surface area contributed by atoms with Gasteiger partial charge in [-0.25, -0.2) is 0 Å². The van der Waals surface area contributed by atoms with E-state index in [9.17, 15) is 4.79 Å². The van der Waals surface area contributed by atoms with Crippen LogP contribution in [0.15, 0.2) is 18.3 Å². The number of carbonyl (C=O) groups is 1. The first kappa shape index (κ1) is 10.1. The van der Waals surface area contributed by atoms with Gasteiger partial charge in [0.05, 0.1) is 5.69 Å². The molecule has 0 aliphatic heterocycles. The van der Waals surface area contributed by atoms with Crippen molar-refractivity contribution in [3.63, 3.8) is 0 Å². The molecule has 62 valence electrons. The van der Waals surface area contributed by atoms with Crippen molar-refractivity contribution in [2.75, 3.05) is 0 Å². The lowest BCUT2D eigenvalue weighted by Gasteiger charge is -1.70. The quantitative estimate of drug-likeness (QED) is 0.421. The van der Waals surface area contributed by atoms with Crippen LogP contribution in [0.4, 0.5) is 0 Å². The number of nitrogens with one attached hydrogen (secondary N) is 1. The molecule has 0 saturated heterocycles. The predicted molar refractivity (Wildman–Crippen MR) is 39.6 cm³/mol. The summed E-state index contributed by atoms with van der Waals surface area (Å²) in [5.41, 5.74) is 0.625. The van der Waals surface area contributed by atoms with Crippen molar-refractivity contribution in [3.05, 3.63) is 24.0 Å². The van der Waals surface area contributed by atoms with Crippen LogP contribution in [0.2, 0.25) is 0 Å². The molecule has 1 rings (SSSR count). The van der Waals surface area contributed by atoms with E-state index in [1.165, 1.54) is 0 Å². The van der Waals surface area contributed by atoms with Gasteiger partial charge in [-0.05, 0) is 12.1 Å². The smallest absolute Gasteiger partial charge is 0.314 e. The second-order valence-electron chi connectivity index (χ2n) is 1.53. The number of hydrogen-bond acceptors (Lipinski definition) is 2. The molecule has 0 unspecified atom stereocenters. The lowest BCUT2D eigenvalue weighted by Crippen LogP contribution is -1.72. The lowest BCUT2D eigenvalue weighted by atomic mass is 10.5. The fourth-order valence-electron chi connectivity index (χ4n) is 0.418. The van der Waals surface area contributed by atoms with Gasteiger partial charge in [0.1, 0.15) is 0 Å². The van der Waals surface area contributed by atoms with Crippen LogP contribution in [0.25, 0.3) is 0 Å². The monoisotopic (exact) mass is 177 g/mol. The van der Waals surface area contributed by atoms with E-state index in [0.717, 1.165) is 6.29 Å². The third kappa shape index (κ3) is 6.99. The molecule has 1 aromatic heterocycles. The zero-order valence-corrected chi connectivity index (χ0v) is 6.52. The third-order valence-electron chi connectivity index (χ3n) is 0.749. The first-order valence-corrected chi connectivity index (χ1v) is 3.97. The third-order valence-corrected chi connectivity index (χ3v) is 0.749. The molecule has 0 atom stereocenters. The van der Waals surface area contributed by atoms with Gasteiger partial charge in [-0.2, -0.15) is 0 Å². The van der Waals surface area contributed by atoms with Crippen molar-refractivity contribution in [1.29, 1.82) is 0 Å². The molecule has 11 heavy (non-hydrogen) atoms. The average Bonchev–Trinajstić information content (AvgIpc) is 2.36. The fourth-order valence-corrected chi connectivity index (χ4v) is 0.418. The first-order chi connectivity index (χ1) is 5.16. The summed E-state index contributed by atoms with van der Waals surface area (Å²) in [4.78, 5) is 26.9. The highest BCUT2D eigenvalue weighted by Crippen LogP contribution is 1.98. The maximum absolute atomic E-state index is 9.84. The van der Waals surface area contributed by atoms with Crippen molar-refractivity contribution >= 4 is 14.5 Å². The fraction of sp³-hybridized carbons (Fsp3) is 0. The number of carbonyl (C=O) groups excluding carboxylic acids is 1. The Balaban J connectivity index is 0.000000218. The number of H-pyrrole nitrogens is 1. The molecule has 1 aromatic rings. The molecule has 0 aliphatic carbocycles. The second kappa shape index (κ2) is 5.85. The molecule has 1 heterocycles. The van der Waals surface area contributed by atoms with Crippen LogP contribution in [0.3, 0.4) is 0 Å². The molecule has 3 N–H and O–H groups in total. The number of rotatable bonds is 1. The molecule has 0 aliphatic rings. The van der Waals surface area contributed by atoms with Gasteiger partial charge in [-0.3, -0.25) is 9.36 Å². The molecule has 0 bridgehead atoms. The Morgan fingerprint density at radius 2 is 2.09 bits per heavy atom. The van der Waals surface area contributed by atoms with Gasteiger partial charge in [0.25, 0.3) is 0 Å². The minimum absolute atomic E-state index is 0.625. The van der Waals surface area contributed by atoms with Crippen molar-refractivity contribution in [1.82, 2.24) is 4.98 Å². The molecule has 5 nitrogen and oxygen atoms in total. The van der Waals surface area contributed by atoms with Gasteiger partial charge in [0, 0.05) is 6.20 Å². The summed E-state index contributed by atoms with van der Waals surface area (Å²) < 4.78 is 8.74. The Hall–Kier alpha value is -0.900. The molecule has 0 saturated carbocycles. The van der Waals surface area contributed by atoms with E-state index in [1.54, 1.807) is 18.3 Å². The van der Waals surface area contributed by atoms with Gasteiger partial charge < -0.3 is 14.8 Å². The van der Waals surface area contributed by atoms with Gasteiger partial charge in [0.2, 0.25) is 0 Å². The highest BCUT2D eigenvalue weighted by atomic mass is 31.1. The Bertz CT molecular complexity index is 216. The maximum Gasteiger partial charge on any atom is 0.314 e. The van der Waals surface area contributed by atoms with Gasteiger partial charge in [0.15, 0.2) is 6.29 Å². The summed E-state index contributed by atoms with van der Waals surface area (Å²) >= 11 is 0. The summed E-state index contributed by atoms with van der Waals surface area (Å²) in [5.74, 6) is 0. The zero-order valence-electron chi connectivity index (χ0n) is 5.52. The number of aldehydes is 1. The van der Waals surface area contributed by atoms with Gasteiger partial charge in [-0.15, -0.1) is 0 Å². The minimum Gasteiger partial charge on any atom is -0.359 e. The maximum atomic E-state index is 9.84. The Labute approximate surface area is 63.6 Å². The number of aromatic nitrogens is 1. The molecule has 0 amide bonds. The molecule has 0 spiro atoms. The van der Waals surface area contributed by atoms with Crippen LogP contribution >= 0.6 is 8.25 Å². The zero-order chi connectivity index (χ0) is 8.69. The van der Waals surface area contributed by atoms with Crippen molar-refractivity contribution in [2.45, 2.75) is 0 Å². The molecule has 0 radical (unpaired) electrons. The largest absolute Gasteiger partial charge is 0.359 e. The topological polar surface area (TPSA) is 90.4 Å². The van der Waals surface area contributed by atoms with Crippen molar-refractivity contribution in [2.24, 2.45) is 0 Å². The number of hydrogen-bond donors (Lipinski definition) is 3. The van der Waals surface area contributed by atoms with Crippen LogP contribution in [0.5, 0.6) is 0 Å². The molecule has 6 heteroatoms. The van der Waals surface area contributed by atoms with Crippen molar-refractivity contribution < 1.29 is 19.1 Å². The molecular formula is C5H8NO4P. The summed E-state index contributed by atoms with van der Waals surface area (Å²) in [7, 11) is -3.13. The van der Waals surface area contributed by atoms with E-state index < -0.39 is 8.25 Å². The summed E-state index contributed by atoms with van der Waals surface area (Å²) in [6, 6.07) is 3.50. The van der Waals surface area contributed by atoms with Gasteiger partial charge >= 0.3 is 8.25 Å². The molecular weight excluding hydrogens is 169 g/mol. The Morgan fingerprint density at radius 3 is 2.27 bits per heavy atom. The van der Waals surface area contributed by atoms with Crippen LogP contribution in [-0.4, -0.2) is 21.1 Å². The van der Waals surface area contributed by atoms with E-state index in [0.29, 0.717) is 5.69 Å². The SMILES string of the molecule is O=Cc1ccc[nH]1.O=[PH](O)O. The number of aromatic amines is 1. The van der Waals surface area contributed by atoms with Gasteiger partial charge in [-0.1, -0.05) is 0 Å². The second-order valence-corrected chi connectivity index (χ2v) is 2.09. The van der Waals surface area contributed by atoms with E-state index in [4.69, 9.17) is 14.4 Å². The van der Waals surface area contributed by atoms with E-state index in [2.05, 4.69) is 4.98 Å².